The number of halogens is 7. The van der Waals surface area contributed by atoms with E-state index in [4.69, 9.17) is 4.42 Å². The molecule has 0 N–H and O–H groups in total. The summed E-state index contributed by atoms with van der Waals surface area (Å²) in [6.07, 6.45) is -4.66. The standard InChI is InChI=1S/C18H7F7O3/c19-11-3-8(15-2-1-10(7-26)27-15)4-12(20)16(11)28-17-13(21)5-9(6-14(17)22)18(23,24)25/h1-7H. The molecule has 0 bridgehead atoms. The number of benzene rings is 2. The molecule has 0 radical (unpaired) electrons. The second kappa shape index (κ2) is 7.02. The van der Waals surface area contributed by atoms with Gasteiger partial charge in [0.05, 0.1) is 5.56 Å². The Balaban J connectivity index is 1.98. The molecular weight excluding hydrogens is 397 g/mol. The molecular formula is C18H7F7O3. The molecule has 0 aliphatic rings. The Morgan fingerprint density at radius 2 is 1.32 bits per heavy atom. The maximum atomic E-state index is 14.2. The molecule has 0 fully saturated rings. The van der Waals surface area contributed by atoms with Crippen LogP contribution in [0, 0.1) is 23.3 Å². The van der Waals surface area contributed by atoms with E-state index in [0.29, 0.717) is 18.4 Å². The Hall–Kier alpha value is -3.30. The average molecular weight is 404 g/mol. The van der Waals surface area contributed by atoms with Crippen molar-refractivity contribution in [3.8, 4) is 22.8 Å². The summed E-state index contributed by atoms with van der Waals surface area (Å²) in [6, 6.07) is 3.78. The van der Waals surface area contributed by atoms with E-state index in [0.717, 1.165) is 0 Å². The minimum Gasteiger partial charge on any atom is -0.453 e. The first-order valence-electron chi connectivity index (χ1n) is 7.38. The van der Waals surface area contributed by atoms with Crippen LogP contribution in [0.2, 0.25) is 0 Å². The fourth-order valence-corrected chi connectivity index (χ4v) is 2.29. The Labute approximate surface area is 152 Å². The van der Waals surface area contributed by atoms with E-state index in [2.05, 4.69) is 4.74 Å². The van der Waals surface area contributed by atoms with Crippen LogP contribution in [0.15, 0.2) is 40.8 Å². The monoisotopic (exact) mass is 404 g/mol. The van der Waals surface area contributed by atoms with Gasteiger partial charge in [-0.1, -0.05) is 0 Å². The summed E-state index contributed by atoms with van der Waals surface area (Å²) >= 11 is 0. The largest absolute Gasteiger partial charge is 0.453 e. The summed E-state index contributed by atoms with van der Waals surface area (Å²) in [7, 11) is 0. The molecule has 0 saturated carbocycles. The summed E-state index contributed by atoms with van der Waals surface area (Å²) in [5.41, 5.74) is -1.78. The minimum absolute atomic E-state index is 0.0631. The summed E-state index contributed by atoms with van der Waals surface area (Å²) in [5.74, 6) is -9.21. The highest BCUT2D eigenvalue weighted by Gasteiger charge is 2.33. The van der Waals surface area contributed by atoms with Crippen LogP contribution >= 0.6 is 0 Å². The van der Waals surface area contributed by atoms with Gasteiger partial charge >= 0.3 is 6.18 Å². The molecule has 0 spiro atoms. The van der Waals surface area contributed by atoms with Crippen molar-refractivity contribution in [3.63, 3.8) is 0 Å². The molecule has 3 aromatic rings. The van der Waals surface area contributed by atoms with Gasteiger partial charge in [-0.3, -0.25) is 4.79 Å². The Morgan fingerprint density at radius 3 is 1.75 bits per heavy atom. The minimum atomic E-state index is -5.03. The molecule has 0 amide bonds. The second-order valence-corrected chi connectivity index (χ2v) is 5.46. The van der Waals surface area contributed by atoms with Crippen LogP contribution in [0.1, 0.15) is 16.1 Å². The lowest BCUT2D eigenvalue weighted by molar-refractivity contribution is -0.138. The van der Waals surface area contributed by atoms with E-state index < -0.39 is 46.5 Å². The molecule has 0 aliphatic carbocycles. The number of carbonyl (C=O) groups excluding carboxylic acids is 1. The molecule has 3 rings (SSSR count). The van der Waals surface area contributed by atoms with Crippen LogP contribution in [0.5, 0.6) is 11.5 Å². The van der Waals surface area contributed by atoms with Gasteiger partial charge in [0.25, 0.3) is 0 Å². The Kier molecular flexibility index (Phi) is 4.88. The number of furan rings is 1. The van der Waals surface area contributed by atoms with Crippen molar-refractivity contribution in [1.29, 1.82) is 0 Å². The first-order chi connectivity index (χ1) is 13.1. The zero-order valence-electron chi connectivity index (χ0n) is 13.4. The van der Waals surface area contributed by atoms with Crippen molar-refractivity contribution in [1.82, 2.24) is 0 Å². The average Bonchev–Trinajstić information content (AvgIpc) is 3.08. The topological polar surface area (TPSA) is 39.4 Å². The first kappa shape index (κ1) is 19.5. The van der Waals surface area contributed by atoms with E-state index in [9.17, 15) is 35.5 Å². The van der Waals surface area contributed by atoms with Crippen LogP contribution in [-0.2, 0) is 6.18 Å². The zero-order valence-corrected chi connectivity index (χ0v) is 13.4. The summed E-state index contributed by atoms with van der Waals surface area (Å²) < 4.78 is 103. The highest BCUT2D eigenvalue weighted by molar-refractivity contribution is 5.73. The van der Waals surface area contributed by atoms with Crippen LogP contribution in [0.25, 0.3) is 11.3 Å². The SMILES string of the molecule is O=Cc1ccc(-c2cc(F)c(Oc3c(F)cc(C(F)(F)F)cc3F)c(F)c2)o1. The van der Waals surface area contributed by atoms with Crippen LogP contribution < -0.4 is 4.74 Å². The first-order valence-corrected chi connectivity index (χ1v) is 7.38. The van der Waals surface area contributed by atoms with E-state index in [1.807, 2.05) is 0 Å². The van der Waals surface area contributed by atoms with E-state index in [1.165, 1.54) is 12.1 Å². The predicted molar refractivity (Wildman–Crippen MR) is 80.9 cm³/mol. The number of carbonyl (C=O) groups is 1. The molecule has 10 heteroatoms. The van der Waals surface area contributed by atoms with Gasteiger partial charge < -0.3 is 9.15 Å². The molecule has 146 valence electrons. The zero-order chi connectivity index (χ0) is 20.6. The van der Waals surface area contributed by atoms with Gasteiger partial charge in [-0.25, -0.2) is 17.6 Å². The highest BCUT2D eigenvalue weighted by atomic mass is 19.4. The number of aldehydes is 1. The number of hydrogen-bond acceptors (Lipinski definition) is 3. The molecule has 0 unspecified atom stereocenters. The number of ether oxygens (including phenoxy) is 1. The Bertz CT molecular complexity index is 1010. The van der Waals surface area contributed by atoms with E-state index in [1.54, 1.807) is 0 Å². The number of hydrogen-bond donors (Lipinski definition) is 0. The van der Waals surface area contributed by atoms with E-state index in [-0.39, 0.29) is 29.2 Å². The predicted octanol–water partition coefficient (Wildman–Crippen LogP) is 6.13. The molecule has 0 saturated heterocycles. The van der Waals surface area contributed by atoms with Crippen LogP contribution in [-0.4, -0.2) is 6.29 Å². The fraction of sp³-hybridized carbons (Fsp3) is 0.0556. The normalized spacial score (nSPS) is 11.5. The maximum Gasteiger partial charge on any atom is 0.416 e. The van der Waals surface area contributed by atoms with Crippen molar-refractivity contribution in [2.45, 2.75) is 6.18 Å². The van der Waals surface area contributed by atoms with Gasteiger partial charge in [0.15, 0.2) is 46.8 Å². The van der Waals surface area contributed by atoms with Crippen molar-refractivity contribution in [2.24, 2.45) is 0 Å². The molecule has 0 atom stereocenters. The fourth-order valence-electron chi connectivity index (χ4n) is 2.29. The van der Waals surface area contributed by atoms with Gasteiger partial charge in [0.1, 0.15) is 5.76 Å². The number of alkyl halides is 3. The van der Waals surface area contributed by atoms with Crippen molar-refractivity contribution in [2.75, 3.05) is 0 Å². The highest BCUT2D eigenvalue weighted by Crippen LogP contribution is 2.38. The lowest BCUT2D eigenvalue weighted by Gasteiger charge is -2.13. The smallest absolute Gasteiger partial charge is 0.416 e. The van der Waals surface area contributed by atoms with Gasteiger partial charge in [-0.2, -0.15) is 13.2 Å². The lowest BCUT2D eigenvalue weighted by Crippen LogP contribution is -2.07. The summed E-state index contributed by atoms with van der Waals surface area (Å²) in [5, 5.41) is 0. The van der Waals surface area contributed by atoms with Crippen molar-refractivity contribution >= 4 is 6.29 Å². The molecule has 2 aromatic carbocycles. The van der Waals surface area contributed by atoms with Gasteiger partial charge in [0.2, 0.25) is 0 Å². The van der Waals surface area contributed by atoms with Gasteiger partial charge in [-0.15, -0.1) is 0 Å². The van der Waals surface area contributed by atoms with Crippen molar-refractivity contribution < 1.29 is 44.7 Å². The summed E-state index contributed by atoms with van der Waals surface area (Å²) in [4.78, 5) is 10.6. The molecule has 1 aromatic heterocycles. The van der Waals surface area contributed by atoms with Crippen molar-refractivity contribution in [3.05, 3.63) is 71.0 Å². The molecule has 28 heavy (non-hydrogen) atoms. The maximum absolute atomic E-state index is 14.2. The van der Waals surface area contributed by atoms with Crippen LogP contribution in [0.3, 0.4) is 0 Å². The number of rotatable bonds is 4. The summed E-state index contributed by atoms with van der Waals surface area (Å²) in [6.45, 7) is 0. The quantitative estimate of drug-likeness (QED) is 0.388. The molecule has 0 aliphatic heterocycles. The third kappa shape index (κ3) is 3.71. The lowest BCUT2D eigenvalue weighted by atomic mass is 10.1. The second-order valence-electron chi connectivity index (χ2n) is 5.46. The third-order valence-corrected chi connectivity index (χ3v) is 3.56. The van der Waals surface area contributed by atoms with Gasteiger partial charge in [-0.05, 0) is 36.4 Å². The van der Waals surface area contributed by atoms with E-state index >= 15 is 0 Å². The molecule has 3 nitrogen and oxygen atoms in total. The van der Waals surface area contributed by atoms with Gasteiger partial charge in [0, 0.05) is 5.56 Å². The molecule has 1 heterocycles. The van der Waals surface area contributed by atoms with Crippen LogP contribution in [0.4, 0.5) is 30.7 Å². The Morgan fingerprint density at radius 1 is 0.821 bits per heavy atom. The third-order valence-electron chi connectivity index (χ3n) is 3.56.